The van der Waals surface area contributed by atoms with E-state index in [1.165, 1.54) is 12.3 Å². The predicted octanol–water partition coefficient (Wildman–Crippen LogP) is 2.68. The zero-order chi connectivity index (χ0) is 19.7. The van der Waals surface area contributed by atoms with Crippen LogP contribution in [0.15, 0.2) is 42.7 Å². The maximum atomic E-state index is 14.3. The van der Waals surface area contributed by atoms with Gasteiger partial charge in [0.25, 0.3) is 5.91 Å². The van der Waals surface area contributed by atoms with Crippen molar-refractivity contribution in [2.45, 2.75) is 18.9 Å². The molecule has 0 saturated carbocycles. The highest BCUT2D eigenvalue weighted by Gasteiger charge is 2.29. The fourth-order valence-electron chi connectivity index (χ4n) is 3.74. The molecule has 0 unspecified atom stereocenters. The van der Waals surface area contributed by atoms with Crippen molar-refractivity contribution in [2.75, 3.05) is 24.6 Å². The lowest BCUT2D eigenvalue weighted by Gasteiger charge is -2.27. The number of carbonyl (C=O) groups is 1. The van der Waals surface area contributed by atoms with Gasteiger partial charge in [0, 0.05) is 24.8 Å². The number of aliphatic hydroxyl groups excluding tert-OH is 1. The number of rotatable bonds is 5. The monoisotopic (exact) mass is 386 g/mol. The fraction of sp³-hybridized carbons (Fsp3) is 0.300. The van der Waals surface area contributed by atoms with E-state index in [1.54, 1.807) is 16.7 Å². The average molecular weight is 386 g/mol. The van der Waals surface area contributed by atoms with E-state index in [-0.39, 0.29) is 25.1 Å². The summed E-state index contributed by atoms with van der Waals surface area (Å²) in [5.74, 6) is -1.23. The SMILES string of the molecule is O=C(NCCO)c1cnc2ccc(N3CCC[C@H]3c3cc(F)ccc3F)cn12. The molecule has 0 radical (unpaired) electrons. The summed E-state index contributed by atoms with van der Waals surface area (Å²) in [5, 5.41) is 11.5. The molecule has 0 bridgehead atoms. The van der Waals surface area contributed by atoms with Gasteiger partial charge in [-0.05, 0) is 43.2 Å². The highest BCUT2D eigenvalue weighted by Crippen LogP contribution is 2.37. The molecule has 1 saturated heterocycles. The number of halogens is 2. The summed E-state index contributed by atoms with van der Waals surface area (Å²) < 4.78 is 29.7. The molecule has 1 atom stereocenters. The Morgan fingerprint density at radius 3 is 2.96 bits per heavy atom. The van der Waals surface area contributed by atoms with E-state index in [2.05, 4.69) is 10.3 Å². The molecule has 8 heteroatoms. The van der Waals surface area contributed by atoms with Gasteiger partial charge in [-0.15, -0.1) is 0 Å². The number of hydrogen-bond acceptors (Lipinski definition) is 4. The molecule has 1 aromatic carbocycles. The molecule has 28 heavy (non-hydrogen) atoms. The largest absolute Gasteiger partial charge is 0.395 e. The summed E-state index contributed by atoms with van der Waals surface area (Å²) in [6.45, 7) is 0.702. The Balaban J connectivity index is 1.70. The van der Waals surface area contributed by atoms with Crippen molar-refractivity contribution in [1.82, 2.24) is 14.7 Å². The molecule has 1 aliphatic rings. The second kappa shape index (κ2) is 7.55. The van der Waals surface area contributed by atoms with Crippen LogP contribution in [0.25, 0.3) is 5.65 Å². The molecule has 6 nitrogen and oxygen atoms in total. The maximum Gasteiger partial charge on any atom is 0.270 e. The van der Waals surface area contributed by atoms with Gasteiger partial charge < -0.3 is 15.3 Å². The molecule has 2 aromatic heterocycles. The van der Waals surface area contributed by atoms with Crippen LogP contribution in [0.3, 0.4) is 0 Å². The summed E-state index contributed by atoms with van der Waals surface area (Å²) in [6.07, 6.45) is 4.82. The quantitative estimate of drug-likeness (QED) is 0.707. The lowest BCUT2D eigenvalue weighted by Crippen LogP contribution is -2.27. The third-order valence-corrected chi connectivity index (χ3v) is 5.02. The van der Waals surface area contributed by atoms with Crippen LogP contribution in [-0.4, -0.2) is 40.1 Å². The zero-order valence-corrected chi connectivity index (χ0v) is 15.1. The smallest absolute Gasteiger partial charge is 0.270 e. The molecule has 0 aliphatic carbocycles. The first kappa shape index (κ1) is 18.4. The Bertz CT molecular complexity index is 1020. The van der Waals surface area contributed by atoms with Crippen molar-refractivity contribution < 1.29 is 18.7 Å². The van der Waals surface area contributed by atoms with Gasteiger partial charge in [-0.3, -0.25) is 9.20 Å². The Morgan fingerprint density at radius 2 is 2.14 bits per heavy atom. The second-order valence-electron chi connectivity index (χ2n) is 6.76. The fourth-order valence-corrected chi connectivity index (χ4v) is 3.74. The molecule has 4 rings (SSSR count). The molecule has 0 spiro atoms. The van der Waals surface area contributed by atoms with E-state index in [0.29, 0.717) is 29.9 Å². The highest BCUT2D eigenvalue weighted by atomic mass is 19.1. The van der Waals surface area contributed by atoms with Crippen LogP contribution in [-0.2, 0) is 0 Å². The predicted molar refractivity (Wildman–Crippen MR) is 100 cm³/mol. The third-order valence-electron chi connectivity index (χ3n) is 5.02. The van der Waals surface area contributed by atoms with Crippen molar-refractivity contribution in [3.63, 3.8) is 0 Å². The Labute approximate surface area is 160 Å². The van der Waals surface area contributed by atoms with E-state index >= 15 is 0 Å². The normalized spacial score (nSPS) is 16.7. The van der Waals surface area contributed by atoms with Crippen molar-refractivity contribution >= 4 is 17.2 Å². The second-order valence-corrected chi connectivity index (χ2v) is 6.76. The van der Waals surface area contributed by atoms with E-state index in [4.69, 9.17) is 5.11 Å². The topological polar surface area (TPSA) is 69.9 Å². The van der Waals surface area contributed by atoms with E-state index < -0.39 is 11.6 Å². The number of carbonyl (C=O) groups excluding carboxylic acids is 1. The van der Waals surface area contributed by atoms with E-state index in [9.17, 15) is 13.6 Å². The average Bonchev–Trinajstić information content (AvgIpc) is 3.34. The lowest BCUT2D eigenvalue weighted by atomic mass is 10.0. The number of hydrogen-bond donors (Lipinski definition) is 2. The number of imidazole rings is 1. The maximum absolute atomic E-state index is 14.3. The van der Waals surface area contributed by atoms with Crippen LogP contribution in [0.1, 0.15) is 34.9 Å². The van der Waals surface area contributed by atoms with Crippen LogP contribution in [0.5, 0.6) is 0 Å². The Hall–Kier alpha value is -3.00. The van der Waals surface area contributed by atoms with E-state index in [1.807, 2.05) is 11.0 Å². The van der Waals surface area contributed by atoms with Gasteiger partial charge in [0.15, 0.2) is 0 Å². The first-order valence-corrected chi connectivity index (χ1v) is 9.16. The standard InChI is InChI=1S/C20H20F2N4O2/c21-13-3-5-16(22)15(10-13)17-2-1-8-25(17)14-4-6-19-24-11-18(26(19)12-14)20(28)23-7-9-27/h3-6,10-12,17,27H,1-2,7-9H2,(H,23,28)/t17-/m0/s1. The van der Waals surface area contributed by atoms with Gasteiger partial charge in [0.2, 0.25) is 0 Å². The van der Waals surface area contributed by atoms with Crippen molar-refractivity contribution in [3.05, 3.63) is 65.6 Å². The van der Waals surface area contributed by atoms with Gasteiger partial charge in [0.05, 0.1) is 24.5 Å². The minimum absolute atomic E-state index is 0.150. The van der Waals surface area contributed by atoms with Crippen LogP contribution in [0.4, 0.5) is 14.5 Å². The minimum atomic E-state index is -0.462. The molecule has 1 fully saturated rings. The van der Waals surface area contributed by atoms with E-state index in [0.717, 1.165) is 24.2 Å². The first-order chi connectivity index (χ1) is 13.6. The number of aromatic nitrogens is 2. The van der Waals surface area contributed by atoms with Crippen LogP contribution >= 0.6 is 0 Å². The molecular formula is C20H20F2N4O2. The van der Waals surface area contributed by atoms with Crippen molar-refractivity contribution in [1.29, 1.82) is 0 Å². The number of pyridine rings is 1. The number of anilines is 1. The summed E-state index contributed by atoms with van der Waals surface area (Å²) in [5.41, 5.74) is 2.08. The molecule has 1 amide bonds. The summed E-state index contributed by atoms with van der Waals surface area (Å²) in [6, 6.07) is 6.91. The summed E-state index contributed by atoms with van der Waals surface area (Å²) >= 11 is 0. The number of aliphatic hydroxyl groups is 1. The van der Waals surface area contributed by atoms with Crippen LogP contribution in [0.2, 0.25) is 0 Å². The van der Waals surface area contributed by atoms with Gasteiger partial charge in [-0.1, -0.05) is 0 Å². The number of nitrogens with one attached hydrogen (secondary N) is 1. The highest BCUT2D eigenvalue weighted by molar-refractivity contribution is 5.93. The number of nitrogens with zero attached hydrogens (tertiary/aromatic N) is 3. The molecule has 3 heterocycles. The van der Waals surface area contributed by atoms with Gasteiger partial charge >= 0.3 is 0 Å². The first-order valence-electron chi connectivity index (χ1n) is 9.16. The molecule has 1 aliphatic heterocycles. The lowest BCUT2D eigenvalue weighted by molar-refractivity contribution is 0.0939. The van der Waals surface area contributed by atoms with Crippen LogP contribution in [0, 0.1) is 11.6 Å². The zero-order valence-electron chi connectivity index (χ0n) is 15.1. The summed E-state index contributed by atoms with van der Waals surface area (Å²) in [4.78, 5) is 18.5. The molecule has 2 N–H and O–H groups in total. The number of fused-ring (bicyclic) bond motifs is 1. The summed E-state index contributed by atoms with van der Waals surface area (Å²) in [7, 11) is 0. The van der Waals surface area contributed by atoms with Gasteiger partial charge in [0.1, 0.15) is 23.0 Å². The Kier molecular flexibility index (Phi) is 4.95. The van der Waals surface area contributed by atoms with Crippen molar-refractivity contribution in [2.24, 2.45) is 0 Å². The molecular weight excluding hydrogens is 366 g/mol. The molecule has 146 valence electrons. The number of benzene rings is 1. The van der Waals surface area contributed by atoms with Crippen LogP contribution < -0.4 is 10.2 Å². The molecule has 3 aromatic rings. The minimum Gasteiger partial charge on any atom is -0.395 e. The van der Waals surface area contributed by atoms with Crippen molar-refractivity contribution in [3.8, 4) is 0 Å². The number of amides is 1. The third kappa shape index (κ3) is 3.31. The van der Waals surface area contributed by atoms with Gasteiger partial charge in [-0.25, -0.2) is 13.8 Å². The Morgan fingerprint density at radius 1 is 1.29 bits per heavy atom. The van der Waals surface area contributed by atoms with Gasteiger partial charge in [-0.2, -0.15) is 0 Å².